The van der Waals surface area contributed by atoms with Crippen LogP contribution in [0.15, 0.2) is 29.4 Å². The van der Waals surface area contributed by atoms with Crippen LogP contribution in [0.3, 0.4) is 0 Å². The smallest absolute Gasteiger partial charge is 0.411 e. The van der Waals surface area contributed by atoms with Gasteiger partial charge in [0.05, 0.1) is 19.4 Å². The van der Waals surface area contributed by atoms with E-state index in [-0.39, 0.29) is 13.0 Å². The fourth-order valence-corrected chi connectivity index (χ4v) is 3.54. The minimum atomic E-state index is -0.784. The average molecular weight is 395 g/mol. The molecule has 2 aliphatic heterocycles. The predicted octanol–water partition coefficient (Wildman–Crippen LogP) is 3.39. The number of likely N-dealkylation sites (tertiary alicyclic amines) is 1. The lowest BCUT2D eigenvalue weighted by molar-refractivity contribution is -0.145. The van der Waals surface area contributed by atoms with Gasteiger partial charge in [0, 0.05) is 23.4 Å². The number of hydrogen-bond donors (Lipinski definition) is 0. The summed E-state index contributed by atoms with van der Waals surface area (Å²) in [6, 6.07) is 6.54. The second-order valence-corrected chi connectivity index (χ2v) is 8.29. The molecule has 0 aromatic heterocycles. The number of methoxy groups -OCH3 is 1. The van der Waals surface area contributed by atoms with Crippen LogP contribution in [0.1, 0.15) is 39.2 Å². The van der Waals surface area contributed by atoms with Crippen LogP contribution in [0.4, 0.5) is 4.79 Å². The maximum atomic E-state index is 12.6. The summed E-state index contributed by atoms with van der Waals surface area (Å²) in [5.74, 6) is -0.502. The molecule has 1 aromatic carbocycles. The van der Waals surface area contributed by atoms with Crippen LogP contribution in [0.25, 0.3) is 0 Å². The fraction of sp³-hybridized carbons (Fsp3) is 0.526. The van der Waals surface area contributed by atoms with Crippen molar-refractivity contribution < 1.29 is 23.9 Å². The average Bonchev–Trinajstić information content (AvgIpc) is 3.17. The molecule has 0 saturated carbocycles. The summed E-state index contributed by atoms with van der Waals surface area (Å²) in [5.41, 5.74) is 0.122. The summed E-state index contributed by atoms with van der Waals surface area (Å²) in [6.45, 7) is 5.51. The Morgan fingerprint density at radius 1 is 1.37 bits per heavy atom. The SMILES string of the molecule is COC(=O)C1CC2(CC(c3cccc(Cl)c3)=NO2)CN1C(=O)OC(C)(C)C. The van der Waals surface area contributed by atoms with E-state index in [2.05, 4.69) is 5.16 Å². The summed E-state index contributed by atoms with van der Waals surface area (Å²) in [5, 5.41) is 4.80. The van der Waals surface area contributed by atoms with Gasteiger partial charge in [-0.1, -0.05) is 28.9 Å². The molecule has 1 saturated heterocycles. The lowest BCUT2D eigenvalue weighted by Crippen LogP contribution is -2.44. The number of benzene rings is 1. The number of esters is 1. The van der Waals surface area contributed by atoms with Crippen molar-refractivity contribution >= 4 is 29.4 Å². The van der Waals surface area contributed by atoms with Gasteiger partial charge in [-0.2, -0.15) is 0 Å². The lowest BCUT2D eigenvalue weighted by atomic mass is 9.92. The molecule has 27 heavy (non-hydrogen) atoms. The molecule has 0 radical (unpaired) electrons. The van der Waals surface area contributed by atoms with Gasteiger partial charge in [-0.05, 0) is 32.9 Å². The highest BCUT2D eigenvalue weighted by molar-refractivity contribution is 6.31. The van der Waals surface area contributed by atoms with Gasteiger partial charge in [0.15, 0.2) is 5.60 Å². The third-order valence-corrected chi connectivity index (χ3v) is 4.73. The number of oxime groups is 1. The molecule has 1 amide bonds. The van der Waals surface area contributed by atoms with Crippen molar-refractivity contribution in [2.45, 2.75) is 50.9 Å². The number of carbonyl (C=O) groups is 2. The summed E-state index contributed by atoms with van der Waals surface area (Å²) in [7, 11) is 1.30. The van der Waals surface area contributed by atoms with Crippen molar-refractivity contribution in [3.8, 4) is 0 Å². The number of amides is 1. The Balaban J connectivity index is 1.80. The number of hydrogen-bond acceptors (Lipinski definition) is 6. The van der Waals surface area contributed by atoms with Crippen molar-refractivity contribution in [3.05, 3.63) is 34.9 Å². The molecule has 0 bridgehead atoms. The highest BCUT2D eigenvalue weighted by Gasteiger charge is 2.55. The highest BCUT2D eigenvalue weighted by atomic mass is 35.5. The lowest BCUT2D eigenvalue weighted by Gasteiger charge is -2.27. The summed E-state index contributed by atoms with van der Waals surface area (Å²) in [6.07, 6.45) is 0.168. The van der Waals surface area contributed by atoms with Crippen LogP contribution in [0, 0.1) is 0 Å². The van der Waals surface area contributed by atoms with Gasteiger partial charge in [0.25, 0.3) is 0 Å². The first-order valence-electron chi connectivity index (χ1n) is 8.71. The van der Waals surface area contributed by atoms with E-state index in [0.717, 1.165) is 11.3 Å². The molecule has 146 valence electrons. The zero-order valence-electron chi connectivity index (χ0n) is 15.8. The van der Waals surface area contributed by atoms with Crippen LogP contribution in [0.5, 0.6) is 0 Å². The van der Waals surface area contributed by atoms with Crippen LogP contribution in [-0.4, -0.2) is 53.6 Å². The molecule has 0 aliphatic carbocycles. The molecule has 1 aromatic rings. The number of carbonyl (C=O) groups excluding carboxylic acids is 2. The van der Waals surface area contributed by atoms with Gasteiger partial charge in [-0.25, -0.2) is 9.59 Å². The molecular formula is C19H23ClN2O5. The Morgan fingerprint density at radius 3 is 2.74 bits per heavy atom. The number of ether oxygens (including phenoxy) is 2. The van der Waals surface area contributed by atoms with Gasteiger partial charge in [-0.3, -0.25) is 4.90 Å². The number of rotatable bonds is 2. The topological polar surface area (TPSA) is 77.4 Å². The second-order valence-electron chi connectivity index (χ2n) is 7.85. The van der Waals surface area contributed by atoms with Crippen molar-refractivity contribution in [1.29, 1.82) is 0 Å². The first kappa shape index (κ1) is 19.5. The van der Waals surface area contributed by atoms with E-state index in [1.807, 2.05) is 12.1 Å². The van der Waals surface area contributed by atoms with E-state index in [4.69, 9.17) is 25.9 Å². The van der Waals surface area contributed by atoms with Gasteiger partial charge in [-0.15, -0.1) is 0 Å². The Kier molecular flexibility index (Phi) is 5.08. The first-order valence-corrected chi connectivity index (χ1v) is 9.09. The Bertz CT molecular complexity index is 789. The quantitative estimate of drug-likeness (QED) is 0.718. The van der Waals surface area contributed by atoms with Crippen LogP contribution >= 0.6 is 11.6 Å². The van der Waals surface area contributed by atoms with Crippen molar-refractivity contribution in [1.82, 2.24) is 4.90 Å². The zero-order valence-corrected chi connectivity index (χ0v) is 16.6. The third-order valence-electron chi connectivity index (χ3n) is 4.50. The Labute approximate surface area is 163 Å². The molecule has 1 fully saturated rings. The minimum Gasteiger partial charge on any atom is -0.467 e. The zero-order chi connectivity index (χ0) is 19.8. The molecule has 7 nitrogen and oxygen atoms in total. The molecule has 2 atom stereocenters. The first-order chi connectivity index (χ1) is 12.6. The Morgan fingerprint density at radius 2 is 2.11 bits per heavy atom. The molecule has 1 spiro atoms. The molecule has 2 heterocycles. The van der Waals surface area contributed by atoms with Gasteiger partial charge in [0.2, 0.25) is 0 Å². The van der Waals surface area contributed by atoms with Crippen molar-refractivity contribution in [3.63, 3.8) is 0 Å². The largest absolute Gasteiger partial charge is 0.467 e. The number of halogens is 1. The van der Waals surface area contributed by atoms with Crippen molar-refractivity contribution in [2.75, 3.05) is 13.7 Å². The van der Waals surface area contributed by atoms with Crippen LogP contribution in [-0.2, 0) is 19.1 Å². The predicted molar refractivity (Wildman–Crippen MR) is 99.8 cm³/mol. The minimum absolute atomic E-state index is 0.190. The van der Waals surface area contributed by atoms with E-state index in [9.17, 15) is 9.59 Å². The Hall–Kier alpha value is -2.28. The van der Waals surface area contributed by atoms with E-state index in [1.54, 1.807) is 32.9 Å². The van der Waals surface area contributed by atoms with Gasteiger partial charge >= 0.3 is 12.1 Å². The van der Waals surface area contributed by atoms with Crippen LogP contribution < -0.4 is 0 Å². The summed E-state index contributed by atoms with van der Waals surface area (Å²) >= 11 is 6.06. The van der Waals surface area contributed by atoms with Crippen LogP contribution in [0.2, 0.25) is 5.02 Å². The molecule has 2 aliphatic rings. The molecule has 8 heteroatoms. The third kappa shape index (κ3) is 4.18. The van der Waals surface area contributed by atoms with Gasteiger partial charge < -0.3 is 14.3 Å². The molecule has 3 rings (SSSR count). The van der Waals surface area contributed by atoms with Gasteiger partial charge in [0.1, 0.15) is 11.6 Å². The van der Waals surface area contributed by atoms with E-state index < -0.39 is 29.3 Å². The maximum absolute atomic E-state index is 12.6. The van der Waals surface area contributed by atoms with E-state index in [1.165, 1.54) is 12.0 Å². The summed E-state index contributed by atoms with van der Waals surface area (Å²) < 4.78 is 10.3. The van der Waals surface area contributed by atoms with E-state index >= 15 is 0 Å². The molecule has 2 unspecified atom stereocenters. The monoisotopic (exact) mass is 394 g/mol. The highest BCUT2D eigenvalue weighted by Crippen LogP contribution is 2.39. The van der Waals surface area contributed by atoms with E-state index in [0.29, 0.717) is 11.4 Å². The number of nitrogens with zero attached hydrogens (tertiary/aromatic N) is 2. The molecular weight excluding hydrogens is 372 g/mol. The second kappa shape index (κ2) is 7.03. The fourth-order valence-electron chi connectivity index (χ4n) is 3.35. The molecule has 0 N–H and O–H groups in total. The summed E-state index contributed by atoms with van der Waals surface area (Å²) in [4.78, 5) is 32.0. The standard InChI is InChI=1S/C19H23ClN2O5/c1-18(2,3)26-17(24)22-11-19(10-15(22)16(23)25-4)9-14(21-27-19)12-6-5-7-13(20)8-12/h5-8,15H,9-11H2,1-4H3. The van der Waals surface area contributed by atoms with Crippen molar-refractivity contribution in [2.24, 2.45) is 5.16 Å². The normalized spacial score (nSPS) is 24.6. The maximum Gasteiger partial charge on any atom is 0.411 e.